The summed E-state index contributed by atoms with van der Waals surface area (Å²) in [5.41, 5.74) is -0.619. The average molecular weight is 216 g/mol. The summed E-state index contributed by atoms with van der Waals surface area (Å²) in [6.45, 7) is 5.54. The molecular formula is C10H20N2O3. The van der Waals surface area contributed by atoms with Crippen LogP contribution in [0.5, 0.6) is 0 Å². The molecule has 0 saturated heterocycles. The van der Waals surface area contributed by atoms with Crippen molar-refractivity contribution in [3.63, 3.8) is 0 Å². The van der Waals surface area contributed by atoms with E-state index in [9.17, 15) is 9.59 Å². The maximum absolute atomic E-state index is 11.5. The van der Waals surface area contributed by atoms with Crippen molar-refractivity contribution in [2.45, 2.75) is 32.7 Å². The molecule has 0 heterocycles. The third-order valence-electron chi connectivity index (χ3n) is 2.48. The number of nitrogens with one attached hydrogen (secondary N) is 2. The minimum Gasteiger partial charge on any atom is -0.481 e. The van der Waals surface area contributed by atoms with Crippen molar-refractivity contribution in [1.29, 1.82) is 0 Å². The zero-order valence-electron chi connectivity index (χ0n) is 9.76. The second kappa shape index (κ2) is 5.70. The third kappa shape index (κ3) is 4.78. The van der Waals surface area contributed by atoms with Crippen LogP contribution in [0.1, 0.15) is 27.2 Å². The van der Waals surface area contributed by atoms with E-state index in [0.717, 1.165) is 0 Å². The number of carboxylic acid groups (broad SMARTS) is 1. The lowest BCUT2D eigenvalue weighted by Crippen LogP contribution is -2.51. The fourth-order valence-corrected chi connectivity index (χ4v) is 0.860. The van der Waals surface area contributed by atoms with E-state index in [0.29, 0.717) is 13.0 Å². The number of aliphatic carboxylic acids is 1. The minimum absolute atomic E-state index is 0.123. The van der Waals surface area contributed by atoms with Gasteiger partial charge < -0.3 is 15.7 Å². The molecule has 0 aliphatic carbocycles. The summed E-state index contributed by atoms with van der Waals surface area (Å²) in [4.78, 5) is 22.0. The van der Waals surface area contributed by atoms with Gasteiger partial charge in [-0.1, -0.05) is 6.92 Å². The number of carbonyl (C=O) groups excluding carboxylic acids is 1. The van der Waals surface area contributed by atoms with E-state index in [1.807, 2.05) is 0 Å². The molecule has 15 heavy (non-hydrogen) atoms. The lowest BCUT2D eigenvalue weighted by molar-refractivity contribution is -0.141. The van der Waals surface area contributed by atoms with E-state index in [1.54, 1.807) is 27.8 Å². The molecule has 0 spiro atoms. The molecular weight excluding hydrogens is 196 g/mol. The Bertz CT molecular complexity index is 239. The van der Waals surface area contributed by atoms with Crippen LogP contribution >= 0.6 is 0 Å². The maximum Gasteiger partial charge on any atom is 0.306 e. The molecule has 1 amide bonds. The van der Waals surface area contributed by atoms with Crippen LogP contribution in [0.4, 0.5) is 0 Å². The first-order valence-electron chi connectivity index (χ1n) is 5.01. The summed E-state index contributed by atoms with van der Waals surface area (Å²) >= 11 is 0. The Morgan fingerprint density at radius 2 is 1.93 bits per heavy atom. The van der Waals surface area contributed by atoms with Crippen LogP contribution in [0.3, 0.4) is 0 Å². The predicted octanol–water partition coefficient (Wildman–Crippen LogP) is 0.211. The Hall–Kier alpha value is -1.10. The van der Waals surface area contributed by atoms with Crippen LogP contribution in [-0.4, -0.2) is 36.1 Å². The zero-order chi connectivity index (χ0) is 12.1. The Balaban J connectivity index is 3.88. The molecule has 1 atom stereocenters. The van der Waals surface area contributed by atoms with Crippen molar-refractivity contribution in [3.8, 4) is 0 Å². The quantitative estimate of drug-likeness (QED) is 0.593. The number of carboxylic acids is 1. The fourth-order valence-electron chi connectivity index (χ4n) is 0.860. The second-order valence-corrected chi connectivity index (χ2v) is 4.16. The SMILES string of the molecule is CNC(C)(C)C(=O)NCCC(C)C(=O)O. The van der Waals surface area contributed by atoms with Crippen molar-refractivity contribution in [1.82, 2.24) is 10.6 Å². The topological polar surface area (TPSA) is 78.4 Å². The highest BCUT2D eigenvalue weighted by molar-refractivity contribution is 5.85. The third-order valence-corrected chi connectivity index (χ3v) is 2.48. The average Bonchev–Trinajstić information content (AvgIpc) is 2.17. The molecule has 0 aliphatic rings. The number of hydrogen-bond donors (Lipinski definition) is 3. The second-order valence-electron chi connectivity index (χ2n) is 4.16. The number of amides is 1. The normalized spacial score (nSPS) is 13.3. The van der Waals surface area contributed by atoms with Gasteiger partial charge in [0, 0.05) is 6.54 Å². The van der Waals surface area contributed by atoms with Crippen molar-refractivity contribution < 1.29 is 14.7 Å². The highest BCUT2D eigenvalue weighted by Gasteiger charge is 2.24. The largest absolute Gasteiger partial charge is 0.481 e. The van der Waals surface area contributed by atoms with Crippen molar-refractivity contribution in [2.75, 3.05) is 13.6 Å². The summed E-state index contributed by atoms with van der Waals surface area (Å²) in [5, 5.41) is 14.2. The van der Waals surface area contributed by atoms with Gasteiger partial charge in [-0.25, -0.2) is 0 Å². The van der Waals surface area contributed by atoms with Crippen LogP contribution in [-0.2, 0) is 9.59 Å². The van der Waals surface area contributed by atoms with Gasteiger partial charge in [-0.2, -0.15) is 0 Å². The van der Waals surface area contributed by atoms with Crippen molar-refractivity contribution >= 4 is 11.9 Å². The van der Waals surface area contributed by atoms with Gasteiger partial charge in [0.05, 0.1) is 11.5 Å². The molecule has 1 unspecified atom stereocenters. The number of rotatable bonds is 6. The van der Waals surface area contributed by atoms with E-state index in [-0.39, 0.29) is 5.91 Å². The number of hydrogen-bond acceptors (Lipinski definition) is 3. The molecule has 0 aromatic carbocycles. The van der Waals surface area contributed by atoms with E-state index < -0.39 is 17.4 Å². The van der Waals surface area contributed by atoms with Gasteiger partial charge in [0.25, 0.3) is 0 Å². The molecule has 5 nitrogen and oxygen atoms in total. The van der Waals surface area contributed by atoms with Crippen LogP contribution in [0.25, 0.3) is 0 Å². The first-order valence-corrected chi connectivity index (χ1v) is 5.01. The zero-order valence-corrected chi connectivity index (χ0v) is 9.76. The maximum atomic E-state index is 11.5. The standard InChI is InChI=1S/C10H20N2O3/c1-7(8(13)14)5-6-12-9(15)10(2,3)11-4/h7,11H,5-6H2,1-4H3,(H,12,15)(H,13,14). The molecule has 3 N–H and O–H groups in total. The summed E-state index contributed by atoms with van der Waals surface area (Å²) in [6, 6.07) is 0. The lowest BCUT2D eigenvalue weighted by Gasteiger charge is -2.22. The summed E-state index contributed by atoms with van der Waals surface area (Å²) in [7, 11) is 1.71. The van der Waals surface area contributed by atoms with Gasteiger partial charge in [-0.3, -0.25) is 9.59 Å². The van der Waals surface area contributed by atoms with E-state index in [4.69, 9.17) is 5.11 Å². The predicted molar refractivity (Wildman–Crippen MR) is 57.6 cm³/mol. The van der Waals surface area contributed by atoms with Crippen LogP contribution in [0.15, 0.2) is 0 Å². The smallest absolute Gasteiger partial charge is 0.306 e. The monoisotopic (exact) mass is 216 g/mol. The summed E-state index contributed by atoms with van der Waals surface area (Å²) in [6.07, 6.45) is 0.445. The molecule has 0 radical (unpaired) electrons. The molecule has 0 saturated carbocycles. The van der Waals surface area contributed by atoms with Gasteiger partial charge in [-0.15, -0.1) is 0 Å². The van der Waals surface area contributed by atoms with Gasteiger partial charge in [0.2, 0.25) is 5.91 Å². The molecule has 0 fully saturated rings. The molecule has 0 aromatic rings. The molecule has 5 heteroatoms. The van der Waals surface area contributed by atoms with Crippen molar-refractivity contribution in [3.05, 3.63) is 0 Å². The first kappa shape index (κ1) is 13.9. The van der Waals surface area contributed by atoms with Gasteiger partial charge in [0.1, 0.15) is 0 Å². The van der Waals surface area contributed by atoms with Gasteiger partial charge in [-0.05, 0) is 27.3 Å². The molecule has 0 bridgehead atoms. The molecule has 88 valence electrons. The van der Waals surface area contributed by atoms with E-state index >= 15 is 0 Å². The van der Waals surface area contributed by atoms with Gasteiger partial charge >= 0.3 is 5.97 Å². The van der Waals surface area contributed by atoms with E-state index in [1.165, 1.54) is 0 Å². The van der Waals surface area contributed by atoms with E-state index in [2.05, 4.69) is 10.6 Å². The fraction of sp³-hybridized carbons (Fsp3) is 0.800. The summed E-state index contributed by atoms with van der Waals surface area (Å²) in [5.74, 6) is -1.39. The Morgan fingerprint density at radius 3 is 2.33 bits per heavy atom. The Kier molecular flexibility index (Phi) is 5.28. The van der Waals surface area contributed by atoms with Gasteiger partial charge in [0.15, 0.2) is 0 Å². The first-order chi connectivity index (χ1) is 6.81. The highest BCUT2D eigenvalue weighted by Crippen LogP contribution is 2.02. The minimum atomic E-state index is -0.836. The molecule has 0 aromatic heterocycles. The number of likely N-dealkylation sites (N-methyl/N-ethyl adjacent to an activating group) is 1. The highest BCUT2D eigenvalue weighted by atomic mass is 16.4. The van der Waals surface area contributed by atoms with Crippen molar-refractivity contribution in [2.24, 2.45) is 5.92 Å². The molecule has 0 rings (SSSR count). The lowest BCUT2D eigenvalue weighted by atomic mass is 10.0. The molecule has 0 aliphatic heterocycles. The van der Waals surface area contributed by atoms with Crippen LogP contribution < -0.4 is 10.6 Å². The van der Waals surface area contributed by atoms with Crippen LogP contribution in [0.2, 0.25) is 0 Å². The number of carbonyl (C=O) groups is 2. The Labute approximate surface area is 90.2 Å². The summed E-state index contributed by atoms with van der Waals surface area (Å²) < 4.78 is 0. The van der Waals surface area contributed by atoms with Crippen LogP contribution in [0, 0.1) is 5.92 Å². The Morgan fingerprint density at radius 1 is 1.40 bits per heavy atom.